The Kier molecular flexibility index (Phi) is 1.70. The molecule has 2 rings (SSSR count). The standard InChI is InChI=1S/C8H8N4O2/c1-11-4-6(8(13)14)5-3-9-12(2)7(5)10-11/h3-4H,1-2H3. The van der Waals surface area contributed by atoms with E-state index in [9.17, 15) is 9.90 Å². The number of aryl methyl sites for hydroxylation is 2. The highest BCUT2D eigenvalue weighted by atomic mass is 16.4. The molecule has 0 unspecified atom stereocenters. The predicted molar refractivity (Wildman–Crippen MR) is 44.0 cm³/mol. The summed E-state index contributed by atoms with van der Waals surface area (Å²) in [7, 11) is 3.35. The Bertz CT molecular complexity index is 517. The van der Waals surface area contributed by atoms with Crippen molar-refractivity contribution in [3.63, 3.8) is 0 Å². The van der Waals surface area contributed by atoms with E-state index >= 15 is 0 Å². The van der Waals surface area contributed by atoms with Crippen LogP contribution in [-0.2, 0) is 14.1 Å². The molecule has 0 aliphatic heterocycles. The third-order valence-corrected chi connectivity index (χ3v) is 1.99. The first kappa shape index (κ1) is 8.61. The van der Waals surface area contributed by atoms with Gasteiger partial charge in [-0.05, 0) is 0 Å². The summed E-state index contributed by atoms with van der Waals surface area (Å²) in [6.45, 7) is 0. The van der Waals surface area contributed by atoms with E-state index in [1.807, 2.05) is 0 Å². The van der Waals surface area contributed by atoms with Gasteiger partial charge < -0.3 is 9.90 Å². The Morgan fingerprint density at radius 1 is 1.64 bits per heavy atom. The monoisotopic (exact) mass is 192 g/mol. The highest BCUT2D eigenvalue weighted by Crippen LogP contribution is 2.12. The van der Waals surface area contributed by atoms with Crippen LogP contribution in [-0.4, -0.2) is 20.8 Å². The van der Waals surface area contributed by atoms with Gasteiger partial charge in [0, 0.05) is 12.1 Å². The van der Waals surface area contributed by atoms with Gasteiger partial charge >= 0.3 is 0 Å². The second kappa shape index (κ2) is 2.76. The van der Waals surface area contributed by atoms with E-state index in [-0.39, 0.29) is 5.56 Å². The molecule has 0 saturated heterocycles. The van der Waals surface area contributed by atoms with Crippen LogP contribution in [0.1, 0.15) is 10.4 Å². The van der Waals surface area contributed by atoms with E-state index < -0.39 is 5.97 Å². The molecule has 0 radical (unpaired) electrons. The molecule has 0 bridgehead atoms. The number of aromatic nitrogens is 4. The normalized spacial score (nSPS) is 10.7. The van der Waals surface area contributed by atoms with Crippen molar-refractivity contribution in [2.45, 2.75) is 0 Å². The van der Waals surface area contributed by atoms with Crippen LogP contribution in [0.2, 0.25) is 0 Å². The van der Waals surface area contributed by atoms with Gasteiger partial charge in [-0.25, -0.2) is 4.68 Å². The second-order valence-electron chi connectivity index (χ2n) is 3.01. The van der Waals surface area contributed by atoms with Gasteiger partial charge in [-0.3, -0.25) is 0 Å². The Hall–Kier alpha value is -1.98. The summed E-state index contributed by atoms with van der Waals surface area (Å²) in [5.41, 5.74) is 0.625. The molecule has 0 aliphatic rings. The third-order valence-electron chi connectivity index (χ3n) is 1.99. The number of carbonyl (C=O) groups is 1. The average molecular weight is 192 g/mol. The van der Waals surface area contributed by atoms with Gasteiger partial charge in [0.25, 0.3) is 0 Å². The topological polar surface area (TPSA) is 74.7 Å². The first-order valence-corrected chi connectivity index (χ1v) is 3.99. The van der Waals surface area contributed by atoms with Crippen LogP contribution in [0.5, 0.6) is 0 Å². The van der Waals surface area contributed by atoms with Crippen LogP contribution in [0.4, 0.5) is 0 Å². The van der Waals surface area contributed by atoms with E-state index in [4.69, 9.17) is 0 Å². The number of carboxylic acids is 1. The zero-order valence-corrected chi connectivity index (χ0v) is 7.76. The quantitative estimate of drug-likeness (QED) is 0.497. The van der Waals surface area contributed by atoms with Crippen LogP contribution in [0.3, 0.4) is 0 Å². The Labute approximate surface area is 79.4 Å². The lowest BCUT2D eigenvalue weighted by molar-refractivity contribution is -0.728. The van der Waals surface area contributed by atoms with Gasteiger partial charge in [-0.15, -0.1) is 0 Å². The second-order valence-corrected chi connectivity index (χ2v) is 3.01. The number of nitrogens with zero attached hydrogens (tertiary/aromatic N) is 4. The van der Waals surface area contributed by atoms with Crippen molar-refractivity contribution in [1.29, 1.82) is 0 Å². The highest BCUT2D eigenvalue weighted by molar-refractivity contribution is 5.99. The van der Waals surface area contributed by atoms with Crippen LogP contribution in [0, 0.1) is 0 Å². The fourth-order valence-electron chi connectivity index (χ4n) is 1.34. The molecular formula is C8H8N4O2. The van der Waals surface area contributed by atoms with Crippen LogP contribution >= 0.6 is 0 Å². The Balaban J connectivity index is 2.88. The molecule has 0 fully saturated rings. The van der Waals surface area contributed by atoms with Gasteiger partial charge in [0.1, 0.15) is 0 Å². The minimum absolute atomic E-state index is 0.102. The molecule has 0 saturated carbocycles. The molecule has 6 nitrogen and oxygen atoms in total. The molecule has 0 N–H and O–H groups in total. The van der Waals surface area contributed by atoms with Crippen molar-refractivity contribution in [2.75, 3.05) is 0 Å². The molecule has 0 atom stereocenters. The van der Waals surface area contributed by atoms with Gasteiger partial charge in [-0.2, -0.15) is 5.10 Å². The van der Waals surface area contributed by atoms with Crippen LogP contribution in [0.25, 0.3) is 11.0 Å². The predicted octanol–water partition coefficient (Wildman–Crippen LogP) is -1.84. The molecule has 6 heteroatoms. The maximum Gasteiger partial charge on any atom is 0.226 e. The minimum atomic E-state index is -1.22. The van der Waals surface area contributed by atoms with Crippen LogP contribution in [0.15, 0.2) is 12.4 Å². The Morgan fingerprint density at radius 2 is 2.36 bits per heavy atom. The van der Waals surface area contributed by atoms with Crippen molar-refractivity contribution < 1.29 is 14.6 Å². The first-order chi connectivity index (χ1) is 6.59. The lowest BCUT2D eigenvalue weighted by Gasteiger charge is -2.00. The first-order valence-electron chi connectivity index (χ1n) is 3.99. The summed E-state index contributed by atoms with van der Waals surface area (Å²) in [5, 5.41) is 19.3. The third kappa shape index (κ3) is 1.12. The van der Waals surface area contributed by atoms with Gasteiger partial charge in [0.05, 0.1) is 23.1 Å². The molecule has 0 aromatic carbocycles. The number of aromatic carboxylic acids is 1. The number of rotatable bonds is 1. The molecule has 2 aromatic heterocycles. The molecule has 0 spiro atoms. The average Bonchev–Trinajstić information content (AvgIpc) is 2.47. The zero-order chi connectivity index (χ0) is 10.3. The molecule has 2 aromatic rings. The Morgan fingerprint density at radius 3 is 3.00 bits per heavy atom. The van der Waals surface area contributed by atoms with Crippen LogP contribution < -0.4 is 9.79 Å². The fraction of sp³-hybridized carbons (Fsp3) is 0.250. The maximum absolute atomic E-state index is 10.8. The van der Waals surface area contributed by atoms with Crippen molar-refractivity contribution in [3.05, 3.63) is 18.0 Å². The number of carboxylic acid groups (broad SMARTS) is 1. The number of hydrogen-bond acceptors (Lipinski definition) is 4. The van der Waals surface area contributed by atoms with Gasteiger partial charge in [0.15, 0.2) is 7.05 Å². The largest absolute Gasteiger partial charge is 0.545 e. The van der Waals surface area contributed by atoms with Gasteiger partial charge in [-0.1, -0.05) is 4.68 Å². The highest BCUT2D eigenvalue weighted by Gasteiger charge is 2.13. The van der Waals surface area contributed by atoms with E-state index in [0.29, 0.717) is 11.0 Å². The van der Waals surface area contributed by atoms with Crippen molar-refractivity contribution in [3.8, 4) is 0 Å². The summed E-state index contributed by atoms with van der Waals surface area (Å²) in [4.78, 5) is 10.8. The molecule has 72 valence electrons. The summed E-state index contributed by atoms with van der Waals surface area (Å²) in [6.07, 6.45) is 2.87. The molecule has 0 amide bonds. The van der Waals surface area contributed by atoms with Crippen molar-refractivity contribution >= 4 is 17.0 Å². The van der Waals surface area contributed by atoms with Crippen molar-refractivity contribution in [1.82, 2.24) is 14.9 Å². The lowest BCUT2D eigenvalue weighted by Crippen LogP contribution is -2.36. The molecule has 0 aliphatic carbocycles. The minimum Gasteiger partial charge on any atom is -0.545 e. The smallest absolute Gasteiger partial charge is 0.226 e. The maximum atomic E-state index is 10.8. The summed E-state index contributed by atoms with van der Waals surface area (Å²) < 4.78 is 2.94. The van der Waals surface area contributed by atoms with E-state index in [1.54, 1.807) is 14.1 Å². The number of fused-ring (bicyclic) bond motifs is 1. The molecular weight excluding hydrogens is 184 g/mol. The summed E-state index contributed by atoms with van der Waals surface area (Å²) in [5.74, 6) is -1.22. The SMILES string of the molecule is Cn1ncc2c(C(=O)[O-])c[n+](C)nc21. The summed E-state index contributed by atoms with van der Waals surface area (Å²) >= 11 is 0. The lowest BCUT2D eigenvalue weighted by atomic mass is 10.2. The molecule has 14 heavy (non-hydrogen) atoms. The van der Waals surface area contributed by atoms with Crippen molar-refractivity contribution in [2.24, 2.45) is 14.1 Å². The summed E-state index contributed by atoms with van der Waals surface area (Å²) in [6, 6.07) is 0. The van der Waals surface area contributed by atoms with E-state index in [2.05, 4.69) is 10.2 Å². The zero-order valence-electron chi connectivity index (χ0n) is 7.76. The van der Waals surface area contributed by atoms with E-state index in [0.717, 1.165) is 0 Å². The van der Waals surface area contributed by atoms with E-state index in [1.165, 1.54) is 21.8 Å². The molecule has 2 heterocycles. The van der Waals surface area contributed by atoms with Gasteiger partial charge in [0.2, 0.25) is 11.8 Å². The number of carbonyl (C=O) groups excluding carboxylic acids is 1. The number of hydrogen-bond donors (Lipinski definition) is 0. The fourth-order valence-corrected chi connectivity index (χ4v) is 1.34.